The first-order valence-electron chi connectivity index (χ1n) is 11.3. The van der Waals surface area contributed by atoms with Gasteiger partial charge in [-0.3, -0.25) is 14.3 Å². The Morgan fingerprint density at radius 2 is 1.73 bits per heavy atom. The lowest BCUT2D eigenvalue weighted by atomic mass is 9.89. The van der Waals surface area contributed by atoms with Crippen molar-refractivity contribution in [2.75, 3.05) is 18.4 Å². The molecular formula is C24H32N4O2. The molecular weight excluding hydrogens is 376 g/mol. The zero-order valence-electron chi connectivity index (χ0n) is 17.8. The van der Waals surface area contributed by atoms with Gasteiger partial charge in [0, 0.05) is 32.1 Å². The number of piperidine rings is 1. The number of nitrogens with zero attached hydrogens (tertiary/aromatic N) is 3. The Balaban J connectivity index is 1.32. The van der Waals surface area contributed by atoms with Crippen molar-refractivity contribution in [3.05, 3.63) is 47.7 Å². The van der Waals surface area contributed by atoms with Crippen LogP contribution in [0.4, 0.5) is 5.82 Å². The molecule has 1 saturated heterocycles. The minimum Gasteiger partial charge on any atom is -0.337 e. The van der Waals surface area contributed by atoms with Crippen molar-refractivity contribution in [1.29, 1.82) is 0 Å². The smallest absolute Gasteiger partial charge is 0.274 e. The molecule has 6 heteroatoms. The SMILES string of the molecule is Cn1nc(C(=O)N2CCC(Cc3ccccc3)CC2)cc1NC(=O)C1CCCCC1. The highest BCUT2D eigenvalue weighted by atomic mass is 16.2. The van der Waals surface area contributed by atoms with Crippen LogP contribution in [0.2, 0.25) is 0 Å². The van der Waals surface area contributed by atoms with Crippen LogP contribution in [0.15, 0.2) is 36.4 Å². The van der Waals surface area contributed by atoms with Crippen molar-refractivity contribution < 1.29 is 9.59 Å². The molecule has 1 aromatic heterocycles. The summed E-state index contributed by atoms with van der Waals surface area (Å²) in [6.07, 6.45) is 8.46. The van der Waals surface area contributed by atoms with Gasteiger partial charge in [0.15, 0.2) is 5.69 Å². The van der Waals surface area contributed by atoms with Crippen molar-refractivity contribution in [1.82, 2.24) is 14.7 Å². The van der Waals surface area contributed by atoms with Crippen molar-refractivity contribution in [3.63, 3.8) is 0 Å². The maximum absolute atomic E-state index is 13.0. The highest BCUT2D eigenvalue weighted by Crippen LogP contribution is 2.26. The van der Waals surface area contributed by atoms with E-state index in [4.69, 9.17) is 0 Å². The van der Waals surface area contributed by atoms with E-state index in [-0.39, 0.29) is 17.7 Å². The van der Waals surface area contributed by atoms with E-state index in [0.717, 1.165) is 58.0 Å². The van der Waals surface area contributed by atoms with Crippen LogP contribution in [0.25, 0.3) is 0 Å². The highest BCUT2D eigenvalue weighted by Gasteiger charge is 2.27. The highest BCUT2D eigenvalue weighted by molar-refractivity contribution is 5.96. The fourth-order valence-corrected chi connectivity index (χ4v) is 4.73. The zero-order chi connectivity index (χ0) is 20.9. The molecule has 0 unspecified atom stereocenters. The van der Waals surface area contributed by atoms with Crippen molar-refractivity contribution in [2.24, 2.45) is 18.9 Å². The van der Waals surface area contributed by atoms with Gasteiger partial charge in [-0.05, 0) is 43.6 Å². The number of nitrogens with one attached hydrogen (secondary N) is 1. The minimum atomic E-state index is -0.0399. The number of carbonyl (C=O) groups is 2. The van der Waals surface area contributed by atoms with Crippen LogP contribution >= 0.6 is 0 Å². The summed E-state index contributed by atoms with van der Waals surface area (Å²) in [5.41, 5.74) is 1.78. The van der Waals surface area contributed by atoms with E-state index in [1.54, 1.807) is 17.8 Å². The second-order valence-electron chi connectivity index (χ2n) is 8.79. The second-order valence-corrected chi connectivity index (χ2v) is 8.79. The third-order valence-electron chi connectivity index (χ3n) is 6.60. The van der Waals surface area contributed by atoms with Gasteiger partial charge in [-0.25, -0.2) is 0 Å². The van der Waals surface area contributed by atoms with Crippen LogP contribution in [-0.2, 0) is 18.3 Å². The first-order valence-corrected chi connectivity index (χ1v) is 11.3. The molecule has 2 aliphatic rings. The molecule has 0 bridgehead atoms. The molecule has 1 N–H and O–H groups in total. The first-order chi connectivity index (χ1) is 14.6. The van der Waals surface area contributed by atoms with Gasteiger partial charge in [0.1, 0.15) is 5.82 Å². The van der Waals surface area contributed by atoms with E-state index in [9.17, 15) is 9.59 Å². The first kappa shape index (κ1) is 20.6. The van der Waals surface area contributed by atoms with Gasteiger partial charge in [-0.15, -0.1) is 0 Å². The predicted molar refractivity (Wildman–Crippen MR) is 117 cm³/mol. The average molecular weight is 409 g/mol. The van der Waals surface area contributed by atoms with E-state index in [2.05, 4.69) is 34.7 Å². The van der Waals surface area contributed by atoms with Crippen LogP contribution in [0, 0.1) is 11.8 Å². The Kier molecular flexibility index (Phi) is 6.50. The lowest BCUT2D eigenvalue weighted by Gasteiger charge is -2.31. The number of hydrogen-bond donors (Lipinski definition) is 1. The fraction of sp³-hybridized carbons (Fsp3) is 0.542. The maximum Gasteiger partial charge on any atom is 0.274 e. The molecule has 6 nitrogen and oxygen atoms in total. The number of rotatable bonds is 5. The molecule has 1 aliphatic heterocycles. The molecule has 2 amide bonds. The summed E-state index contributed by atoms with van der Waals surface area (Å²) >= 11 is 0. The number of likely N-dealkylation sites (tertiary alicyclic amines) is 1. The minimum absolute atomic E-state index is 0.0399. The van der Waals surface area contributed by atoms with Crippen LogP contribution in [0.1, 0.15) is 61.0 Å². The largest absolute Gasteiger partial charge is 0.337 e. The van der Waals surface area contributed by atoms with Crippen LogP contribution in [0.3, 0.4) is 0 Å². The van der Waals surface area contributed by atoms with Gasteiger partial charge in [0.25, 0.3) is 5.91 Å². The van der Waals surface area contributed by atoms with E-state index < -0.39 is 0 Å². The average Bonchev–Trinajstić information content (AvgIpc) is 3.15. The van der Waals surface area contributed by atoms with E-state index in [1.165, 1.54) is 12.0 Å². The fourth-order valence-electron chi connectivity index (χ4n) is 4.73. The number of benzene rings is 1. The summed E-state index contributed by atoms with van der Waals surface area (Å²) in [6, 6.07) is 12.3. The number of hydrogen-bond acceptors (Lipinski definition) is 3. The van der Waals surface area contributed by atoms with Gasteiger partial charge < -0.3 is 10.2 Å². The number of carbonyl (C=O) groups excluding carboxylic acids is 2. The third kappa shape index (κ3) is 4.91. The summed E-state index contributed by atoms with van der Waals surface area (Å²) in [5, 5.41) is 7.36. The molecule has 1 aromatic carbocycles. The summed E-state index contributed by atoms with van der Waals surface area (Å²) in [6.45, 7) is 1.52. The topological polar surface area (TPSA) is 67.2 Å². The standard InChI is InChI=1S/C24H32N4O2/c1-27-22(25-23(29)20-10-6-3-7-11-20)17-21(26-27)24(30)28-14-12-19(13-15-28)16-18-8-4-2-5-9-18/h2,4-5,8-9,17,19-20H,3,6-7,10-16H2,1H3,(H,25,29). The number of anilines is 1. The van der Waals surface area contributed by atoms with Gasteiger partial charge in [-0.2, -0.15) is 5.10 Å². The molecule has 160 valence electrons. The Morgan fingerprint density at radius 3 is 2.43 bits per heavy atom. The summed E-state index contributed by atoms with van der Waals surface area (Å²) < 4.78 is 1.61. The molecule has 0 radical (unpaired) electrons. The molecule has 4 rings (SSSR count). The van der Waals surface area contributed by atoms with Crippen LogP contribution in [-0.4, -0.2) is 39.6 Å². The summed E-state index contributed by atoms with van der Waals surface area (Å²) in [5.74, 6) is 1.32. The third-order valence-corrected chi connectivity index (χ3v) is 6.60. The number of amides is 2. The van der Waals surface area contributed by atoms with Gasteiger partial charge in [0.2, 0.25) is 5.91 Å². The molecule has 1 saturated carbocycles. The monoisotopic (exact) mass is 408 g/mol. The predicted octanol–water partition coefficient (Wildman–Crippen LogP) is 4.03. The molecule has 0 spiro atoms. The number of aryl methyl sites for hydroxylation is 1. The Morgan fingerprint density at radius 1 is 1.03 bits per heavy atom. The lowest BCUT2D eigenvalue weighted by Crippen LogP contribution is -2.39. The van der Waals surface area contributed by atoms with E-state index in [1.807, 2.05) is 11.0 Å². The normalized spacial score (nSPS) is 18.4. The summed E-state index contributed by atoms with van der Waals surface area (Å²) in [7, 11) is 1.78. The molecule has 30 heavy (non-hydrogen) atoms. The van der Waals surface area contributed by atoms with Crippen molar-refractivity contribution >= 4 is 17.6 Å². The number of aromatic nitrogens is 2. The molecule has 2 fully saturated rings. The van der Waals surface area contributed by atoms with Crippen LogP contribution in [0.5, 0.6) is 0 Å². The van der Waals surface area contributed by atoms with Gasteiger partial charge >= 0.3 is 0 Å². The Hall–Kier alpha value is -2.63. The van der Waals surface area contributed by atoms with E-state index in [0.29, 0.717) is 17.4 Å². The Bertz CT molecular complexity index is 863. The molecule has 2 aromatic rings. The van der Waals surface area contributed by atoms with Crippen molar-refractivity contribution in [2.45, 2.75) is 51.4 Å². The quantitative estimate of drug-likeness (QED) is 0.812. The van der Waals surface area contributed by atoms with Crippen molar-refractivity contribution in [3.8, 4) is 0 Å². The van der Waals surface area contributed by atoms with Crippen LogP contribution < -0.4 is 5.32 Å². The van der Waals surface area contributed by atoms with Gasteiger partial charge in [-0.1, -0.05) is 49.6 Å². The summed E-state index contributed by atoms with van der Waals surface area (Å²) in [4.78, 5) is 27.4. The Labute approximate surface area is 178 Å². The molecule has 0 atom stereocenters. The molecule has 2 heterocycles. The molecule has 1 aliphatic carbocycles. The van der Waals surface area contributed by atoms with E-state index >= 15 is 0 Å². The second kappa shape index (κ2) is 9.45. The maximum atomic E-state index is 13.0. The van der Waals surface area contributed by atoms with Gasteiger partial charge in [0.05, 0.1) is 0 Å². The zero-order valence-corrected chi connectivity index (χ0v) is 17.8. The lowest BCUT2D eigenvalue weighted by molar-refractivity contribution is -0.120.